The average Bonchev–Trinajstić information content (AvgIpc) is 2.81. The summed E-state index contributed by atoms with van der Waals surface area (Å²) in [6.07, 6.45) is 1.67. The van der Waals surface area contributed by atoms with Gasteiger partial charge in [0.25, 0.3) is 0 Å². The van der Waals surface area contributed by atoms with E-state index in [1.165, 1.54) is 11.8 Å². The number of hydrogen-bond acceptors (Lipinski definition) is 4. The maximum atomic E-state index is 13.5. The summed E-state index contributed by atoms with van der Waals surface area (Å²) >= 11 is 12.7. The number of nitrogens with zero attached hydrogens (tertiary/aromatic N) is 2. The fraction of sp³-hybridized carbons (Fsp3) is 0.333. The molecule has 2 unspecified atom stereocenters. The van der Waals surface area contributed by atoms with Crippen LogP contribution in [0.1, 0.15) is 55.6 Å². The van der Waals surface area contributed by atoms with Gasteiger partial charge in [0.15, 0.2) is 6.29 Å². The van der Waals surface area contributed by atoms with E-state index in [0.717, 1.165) is 0 Å². The monoisotopic (exact) mass is 456 g/mol. The van der Waals surface area contributed by atoms with Gasteiger partial charge in [0.1, 0.15) is 5.78 Å². The molecule has 2 aromatic carbocycles. The molecule has 7 heteroatoms. The molecule has 0 radical (unpaired) electrons. The molecule has 1 saturated carbocycles. The number of fused-ring (bicyclic) bond motifs is 2. The first-order valence-electron chi connectivity index (χ1n) is 10.1. The Morgan fingerprint density at radius 2 is 1.94 bits per heavy atom. The highest BCUT2D eigenvalue weighted by atomic mass is 35.5. The number of hydrogen-bond donors (Lipinski definition) is 0. The zero-order valence-corrected chi connectivity index (χ0v) is 19.0. The Balaban J connectivity index is 2.07. The van der Waals surface area contributed by atoms with Crippen LogP contribution in [0.4, 0.5) is 11.4 Å². The van der Waals surface area contributed by atoms with Gasteiger partial charge in [-0.1, -0.05) is 49.2 Å². The highest BCUT2D eigenvalue weighted by Crippen LogP contribution is 2.50. The average molecular weight is 457 g/mol. The number of Topliss-reactive ketones (excluding diaryl/α,β-unsaturated/α-hetero) is 1. The quantitative estimate of drug-likeness (QED) is 0.520. The lowest BCUT2D eigenvalue weighted by Gasteiger charge is -2.41. The largest absolute Gasteiger partial charge is 0.301 e. The second kappa shape index (κ2) is 7.88. The molecular formula is C24H22Cl2N2O3. The van der Waals surface area contributed by atoms with Crippen LogP contribution in [0.25, 0.3) is 0 Å². The smallest absolute Gasteiger partial charge is 0.224 e. The molecule has 4 rings (SSSR count). The van der Waals surface area contributed by atoms with Gasteiger partial charge in [-0.2, -0.15) is 0 Å². The van der Waals surface area contributed by atoms with Crippen molar-refractivity contribution in [3.8, 4) is 0 Å². The van der Waals surface area contributed by atoms with E-state index in [9.17, 15) is 14.4 Å². The first kappa shape index (κ1) is 21.7. The lowest BCUT2D eigenvalue weighted by atomic mass is 9.68. The normalized spacial score (nSPS) is 22.2. The second-order valence-corrected chi connectivity index (χ2v) is 9.74. The SMILES string of the molecule is CC(=O)N1c2c(C=O)cccc2N=C2CC(C)(C)CC(=O)C2C1c1ccc(Cl)cc1Cl. The Bertz CT molecular complexity index is 1140. The van der Waals surface area contributed by atoms with Crippen molar-refractivity contribution in [3.63, 3.8) is 0 Å². The van der Waals surface area contributed by atoms with Gasteiger partial charge in [0, 0.05) is 34.7 Å². The molecule has 0 bridgehead atoms. The van der Waals surface area contributed by atoms with E-state index in [2.05, 4.69) is 0 Å². The minimum absolute atomic E-state index is 0.00211. The second-order valence-electron chi connectivity index (χ2n) is 8.90. The highest BCUT2D eigenvalue weighted by molar-refractivity contribution is 6.35. The third kappa shape index (κ3) is 3.81. The van der Waals surface area contributed by atoms with Crippen LogP contribution >= 0.6 is 23.2 Å². The molecule has 2 atom stereocenters. The van der Waals surface area contributed by atoms with Crippen molar-refractivity contribution in [1.82, 2.24) is 0 Å². The minimum atomic E-state index is -0.730. The molecule has 1 heterocycles. The van der Waals surface area contributed by atoms with E-state index in [4.69, 9.17) is 28.2 Å². The molecule has 0 saturated heterocycles. The van der Waals surface area contributed by atoms with Crippen LogP contribution in [0.3, 0.4) is 0 Å². The molecule has 1 amide bonds. The molecule has 0 aromatic heterocycles. The standard InChI is InChI=1S/C24H22Cl2N2O3/c1-13(30)28-22-14(12-29)5-4-6-18(22)27-19-10-24(2,3)11-20(31)21(19)23(28)16-8-7-15(25)9-17(16)26/h4-9,12,21,23H,10-11H2,1-3H3. The van der Waals surface area contributed by atoms with Gasteiger partial charge in [-0.05, 0) is 41.7 Å². The highest BCUT2D eigenvalue weighted by Gasteiger charge is 2.48. The minimum Gasteiger partial charge on any atom is -0.301 e. The molecule has 1 aliphatic heterocycles. The molecule has 0 N–H and O–H groups in total. The van der Waals surface area contributed by atoms with Crippen LogP contribution in [0.15, 0.2) is 41.4 Å². The zero-order valence-electron chi connectivity index (χ0n) is 17.5. The van der Waals surface area contributed by atoms with Gasteiger partial charge in [0.2, 0.25) is 5.91 Å². The van der Waals surface area contributed by atoms with Crippen molar-refractivity contribution >= 4 is 58.3 Å². The Morgan fingerprint density at radius 1 is 1.19 bits per heavy atom. The number of ketones is 1. The van der Waals surface area contributed by atoms with Crippen molar-refractivity contribution < 1.29 is 14.4 Å². The molecule has 31 heavy (non-hydrogen) atoms. The summed E-state index contributed by atoms with van der Waals surface area (Å²) in [4.78, 5) is 44.8. The fourth-order valence-electron chi connectivity index (χ4n) is 4.75. The lowest BCUT2D eigenvalue weighted by molar-refractivity contribution is -0.124. The van der Waals surface area contributed by atoms with Crippen molar-refractivity contribution in [2.75, 3.05) is 4.90 Å². The molecule has 1 aliphatic carbocycles. The Labute approximate surface area is 191 Å². The van der Waals surface area contributed by atoms with Crippen molar-refractivity contribution in [2.45, 2.75) is 39.7 Å². The van der Waals surface area contributed by atoms with Gasteiger partial charge in [-0.3, -0.25) is 19.4 Å². The van der Waals surface area contributed by atoms with E-state index in [-0.39, 0.29) is 17.1 Å². The van der Waals surface area contributed by atoms with Crippen LogP contribution in [-0.4, -0.2) is 23.7 Å². The van der Waals surface area contributed by atoms with Gasteiger partial charge in [0.05, 0.1) is 23.3 Å². The number of benzene rings is 2. The third-order valence-corrected chi connectivity index (χ3v) is 6.47. The number of para-hydroxylation sites is 1. The third-order valence-electron chi connectivity index (χ3n) is 5.91. The van der Waals surface area contributed by atoms with Crippen molar-refractivity contribution in [3.05, 3.63) is 57.6 Å². The Hall–Kier alpha value is -2.50. The summed E-state index contributed by atoms with van der Waals surface area (Å²) < 4.78 is 0. The molecule has 160 valence electrons. The molecule has 0 spiro atoms. The van der Waals surface area contributed by atoms with Crippen molar-refractivity contribution in [2.24, 2.45) is 16.3 Å². The van der Waals surface area contributed by atoms with Gasteiger partial charge in [-0.15, -0.1) is 0 Å². The molecule has 2 aromatic rings. The summed E-state index contributed by atoms with van der Waals surface area (Å²) in [6.45, 7) is 5.49. The van der Waals surface area contributed by atoms with Crippen LogP contribution < -0.4 is 4.90 Å². The fourth-order valence-corrected chi connectivity index (χ4v) is 5.27. The van der Waals surface area contributed by atoms with Crippen LogP contribution in [0, 0.1) is 11.3 Å². The Kier molecular flexibility index (Phi) is 5.52. The van der Waals surface area contributed by atoms with Crippen molar-refractivity contribution in [1.29, 1.82) is 0 Å². The van der Waals surface area contributed by atoms with E-state index < -0.39 is 12.0 Å². The molecular weight excluding hydrogens is 435 g/mol. The zero-order chi connectivity index (χ0) is 22.5. The number of anilines is 1. The summed E-state index contributed by atoms with van der Waals surface area (Å²) in [5.74, 6) is -0.971. The van der Waals surface area contributed by atoms with Gasteiger partial charge >= 0.3 is 0 Å². The van der Waals surface area contributed by atoms with Gasteiger partial charge in [-0.25, -0.2) is 0 Å². The Morgan fingerprint density at radius 3 is 2.58 bits per heavy atom. The van der Waals surface area contributed by atoms with Crippen LogP contribution in [0.5, 0.6) is 0 Å². The number of halogens is 2. The molecule has 2 aliphatic rings. The first-order valence-corrected chi connectivity index (χ1v) is 10.8. The number of carbonyl (C=O) groups excluding carboxylic acids is 3. The predicted molar refractivity (Wildman–Crippen MR) is 123 cm³/mol. The van der Waals surface area contributed by atoms with E-state index >= 15 is 0 Å². The van der Waals surface area contributed by atoms with E-state index in [1.54, 1.807) is 36.4 Å². The van der Waals surface area contributed by atoms with E-state index in [1.807, 2.05) is 13.8 Å². The van der Waals surface area contributed by atoms with Crippen LogP contribution in [-0.2, 0) is 9.59 Å². The topological polar surface area (TPSA) is 66.8 Å². The van der Waals surface area contributed by atoms with E-state index in [0.29, 0.717) is 57.4 Å². The number of amides is 1. The first-order chi connectivity index (χ1) is 14.6. The summed E-state index contributed by atoms with van der Waals surface area (Å²) in [6, 6.07) is 9.43. The number of aldehydes is 1. The predicted octanol–water partition coefficient (Wildman–Crippen LogP) is 5.99. The number of carbonyl (C=O) groups is 3. The summed E-state index contributed by atoms with van der Waals surface area (Å²) in [5.41, 5.74) is 2.27. The maximum Gasteiger partial charge on any atom is 0.224 e. The lowest BCUT2D eigenvalue weighted by Crippen LogP contribution is -2.47. The summed E-state index contributed by atoms with van der Waals surface area (Å²) in [5, 5.41) is 0.809. The number of aliphatic imine (C=N–C) groups is 1. The molecule has 1 fully saturated rings. The molecule has 5 nitrogen and oxygen atoms in total. The maximum absolute atomic E-state index is 13.5. The summed E-state index contributed by atoms with van der Waals surface area (Å²) in [7, 11) is 0. The number of rotatable bonds is 2. The van der Waals surface area contributed by atoms with Gasteiger partial charge < -0.3 is 4.90 Å². The van der Waals surface area contributed by atoms with Crippen LogP contribution in [0.2, 0.25) is 10.0 Å².